The molecule has 5 heteroatoms. The molecule has 32 heavy (non-hydrogen) atoms. The predicted molar refractivity (Wildman–Crippen MR) is 127 cm³/mol. The molecule has 0 bridgehead atoms. The van der Waals surface area contributed by atoms with Crippen LogP contribution in [0.5, 0.6) is 0 Å². The molecule has 2 atom stereocenters. The van der Waals surface area contributed by atoms with E-state index in [-0.39, 0.29) is 17.9 Å². The summed E-state index contributed by atoms with van der Waals surface area (Å²) in [7, 11) is 0. The molecular formula is C27H28N4O. The third-order valence-corrected chi connectivity index (χ3v) is 6.96. The van der Waals surface area contributed by atoms with E-state index in [4.69, 9.17) is 0 Å². The first-order valence-electron chi connectivity index (χ1n) is 11.5. The van der Waals surface area contributed by atoms with Crippen LogP contribution in [0.4, 0.5) is 0 Å². The van der Waals surface area contributed by atoms with Crippen molar-refractivity contribution in [3.05, 3.63) is 77.0 Å². The standard InChI is InChI=1S/C27H28N4O/c1-3-30(4-2)27(32)21-12-23-22-9-6-10-24-26(22)20(15-29-24)13-25(23)31(17-21)16-19-8-5-7-18(11-19)14-28/h5-12,15,21,25,29H,3-4,13,16-17H2,1-2H3/t21-,25-/m1/s1. The minimum absolute atomic E-state index is 0.170. The van der Waals surface area contributed by atoms with E-state index in [1.807, 2.05) is 36.9 Å². The van der Waals surface area contributed by atoms with Crippen LogP contribution in [0, 0.1) is 17.2 Å². The van der Waals surface area contributed by atoms with Gasteiger partial charge in [-0.1, -0.05) is 30.3 Å². The molecule has 2 aromatic carbocycles. The molecule has 3 aromatic rings. The molecule has 1 aromatic heterocycles. The quantitative estimate of drug-likeness (QED) is 0.662. The van der Waals surface area contributed by atoms with Gasteiger partial charge in [0.1, 0.15) is 0 Å². The highest BCUT2D eigenvalue weighted by Gasteiger charge is 2.38. The molecule has 0 saturated carbocycles. The average Bonchev–Trinajstić information content (AvgIpc) is 3.24. The molecular weight excluding hydrogens is 396 g/mol. The van der Waals surface area contributed by atoms with Gasteiger partial charge in [-0.3, -0.25) is 9.69 Å². The summed E-state index contributed by atoms with van der Waals surface area (Å²) in [5.41, 5.74) is 6.77. The van der Waals surface area contributed by atoms with E-state index in [0.717, 1.165) is 37.1 Å². The summed E-state index contributed by atoms with van der Waals surface area (Å²) in [6, 6.07) is 16.7. The fourth-order valence-corrected chi connectivity index (χ4v) is 5.40. The fraction of sp³-hybridized carbons (Fsp3) is 0.333. The van der Waals surface area contributed by atoms with Crippen LogP contribution in [0.25, 0.3) is 16.5 Å². The van der Waals surface area contributed by atoms with Crippen LogP contribution in [0.15, 0.2) is 54.7 Å². The van der Waals surface area contributed by atoms with Gasteiger partial charge >= 0.3 is 0 Å². The average molecular weight is 425 g/mol. The Hall–Kier alpha value is -3.36. The summed E-state index contributed by atoms with van der Waals surface area (Å²) < 4.78 is 0. The largest absolute Gasteiger partial charge is 0.361 e. The molecule has 5 rings (SSSR count). The highest BCUT2D eigenvalue weighted by Crippen LogP contribution is 2.42. The number of amides is 1. The number of hydrogen-bond acceptors (Lipinski definition) is 3. The van der Waals surface area contributed by atoms with Crippen molar-refractivity contribution in [2.45, 2.75) is 32.9 Å². The number of carbonyl (C=O) groups is 1. The Bertz CT molecular complexity index is 1240. The van der Waals surface area contributed by atoms with Gasteiger partial charge in [0.05, 0.1) is 17.6 Å². The highest BCUT2D eigenvalue weighted by atomic mass is 16.2. The zero-order valence-electron chi connectivity index (χ0n) is 18.6. The first-order valence-corrected chi connectivity index (χ1v) is 11.5. The lowest BCUT2D eigenvalue weighted by atomic mass is 9.79. The van der Waals surface area contributed by atoms with E-state index in [9.17, 15) is 10.1 Å². The zero-order chi connectivity index (χ0) is 22.2. The fourth-order valence-electron chi connectivity index (χ4n) is 5.40. The molecule has 0 saturated heterocycles. The first kappa shape index (κ1) is 20.5. The summed E-state index contributed by atoms with van der Waals surface area (Å²) in [5, 5.41) is 10.6. The van der Waals surface area contributed by atoms with Crippen LogP contribution < -0.4 is 0 Å². The number of aromatic amines is 1. The Labute approximate surface area is 188 Å². The molecule has 1 aliphatic carbocycles. The topological polar surface area (TPSA) is 63.1 Å². The molecule has 162 valence electrons. The first-order chi connectivity index (χ1) is 15.6. The highest BCUT2D eigenvalue weighted by molar-refractivity contribution is 5.99. The van der Waals surface area contributed by atoms with Crippen molar-refractivity contribution < 1.29 is 4.79 Å². The molecule has 1 N–H and O–H groups in total. The number of nitrogens with zero attached hydrogens (tertiary/aromatic N) is 3. The molecule has 2 heterocycles. The van der Waals surface area contributed by atoms with Crippen molar-refractivity contribution >= 4 is 22.4 Å². The lowest BCUT2D eigenvalue weighted by Gasteiger charge is -2.42. The van der Waals surface area contributed by atoms with E-state index in [0.29, 0.717) is 12.1 Å². The minimum atomic E-state index is -0.170. The Balaban J connectivity index is 1.58. The maximum absolute atomic E-state index is 13.4. The van der Waals surface area contributed by atoms with E-state index in [1.54, 1.807) is 0 Å². The van der Waals surface area contributed by atoms with E-state index in [1.165, 1.54) is 22.1 Å². The van der Waals surface area contributed by atoms with Gasteiger partial charge in [0, 0.05) is 49.3 Å². The molecule has 5 nitrogen and oxygen atoms in total. The Morgan fingerprint density at radius 3 is 2.81 bits per heavy atom. The number of hydrogen-bond donors (Lipinski definition) is 1. The number of carbonyl (C=O) groups excluding carboxylic acids is 1. The summed E-state index contributed by atoms with van der Waals surface area (Å²) in [5.74, 6) is 0.0276. The summed E-state index contributed by atoms with van der Waals surface area (Å²) >= 11 is 0. The third-order valence-electron chi connectivity index (χ3n) is 6.96. The minimum Gasteiger partial charge on any atom is -0.361 e. The zero-order valence-corrected chi connectivity index (χ0v) is 18.6. The van der Waals surface area contributed by atoms with Gasteiger partial charge in [0.15, 0.2) is 0 Å². The van der Waals surface area contributed by atoms with Gasteiger partial charge in [-0.15, -0.1) is 0 Å². The molecule has 2 aliphatic rings. The van der Waals surface area contributed by atoms with E-state index < -0.39 is 0 Å². The van der Waals surface area contributed by atoms with Gasteiger partial charge in [-0.2, -0.15) is 5.26 Å². The van der Waals surface area contributed by atoms with Crippen molar-refractivity contribution in [1.29, 1.82) is 5.26 Å². The second-order valence-electron chi connectivity index (χ2n) is 8.74. The molecule has 0 spiro atoms. The van der Waals surface area contributed by atoms with Crippen molar-refractivity contribution in [1.82, 2.24) is 14.8 Å². The summed E-state index contributed by atoms with van der Waals surface area (Å²) in [4.78, 5) is 21.2. The number of aromatic nitrogens is 1. The van der Waals surface area contributed by atoms with E-state index >= 15 is 0 Å². The molecule has 0 radical (unpaired) electrons. The van der Waals surface area contributed by atoms with Crippen LogP contribution in [-0.2, 0) is 17.8 Å². The monoisotopic (exact) mass is 424 g/mol. The van der Waals surface area contributed by atoms with Crippen LogP contribution in [0.2, 0.25) is 0 Å². The van der Waals surface area contributed by atoms with Crippen molar-refractivity contribution in [2.75, 3.05) is 19.6 Å². The Morgan fingerprint density at radius 1 is 1.22 bits per heavy atom. The van der Waals surface area contributed by atoms with E-state index in [2.05, 4.69) is 52.5 Å². The molecule has 1 amide bonds. The van der Waals surface area contributed by atoms with Crippen molar-refractivity contribution in [3.8, 4) is 6.07 Å². The van der Waals surface area contributed by atoms with Gasteiger partial charge in [0.25, 0.3) is 0 Å². The number of nitrogens with one attached hydrogen (secondary N) is 1. The number of H-pyrrole nitrogens is 1. The van der Waals surface area contributed by atoms with Crippen LogP contribution in [-0.4, -0.2) is 46.4 Å². The van der Waals surface area contributed by atoms with Gasteiger partial charge in [-0.25, -0.2) is 0 Å². The van der Waals surface area contributed by atoms with Crippen LogP contribution in [0.1, 0.15) is 36.1 Å². The SMILES string of the molecule is CCN(CC)C(=O)[C@@H]1C=C2c3cccc4[nH]cc(c34)C[C@H]2N(Cc2cccc(C#N)c2)C1. The molecule has 0 fully saturated rings. The van der Waals surface area contributed by atoms with Gasteiger partial charge in [-0.05, 0) is 60.7 Å². The van der Waals surface area contributed by atoms with Crippen LogP contribution in [0.3, 0.4) is 0 Å². The number of benzene rings is 2. The smallest absolute Gasteiger partial charge is 0.230 e. The lowest BCUT2D eigenvalue weighted by molar-refractivity contribution is -0.134. The second-order valence-corrected chi connectivity index (χ2v) is 8.74. The Morgan fingerprint density at radius 2 is 2.03 bits per heavy atom. The lowest BCUT2D eigenvalue weighted by Crippen LogP contribution is -2.48. The number of fused-ring (bicyclic) bond motifs is 2. The second kappa shape index (κ2) is 8.29. The number of rotatable bonds is 5. The molecule has 1 aliphatic heterocycles. The van der Waals surface area contributed by atoms with Gasteiger partial charge in [0.2, 0.25) is 5.91 Å². The third kappa shape index (κ3) is 3.41. The maximum Gasteiger partial charge on any atom is 0.230 e. The van der Waals surface area contributed by atoms with Gasteiger partial charge < -0.3 is 9.88 Å². The summed E-state index contributed by atoms with van der Waals surface area (Å²) in [6.45, 7) is 6.93. The Kier molecular flexibility index (Phi) is 5.32. The predicted octanol–water partition coefficient (Wildman–Crippen LogP) is 4.35. The maximum atomic E-state index is 13.4. The normalized spacial score (nSPS) is 19.8. The van der Waals surface area contributed by atoms with Crippen molar-refractivity contribution in [3.63, 3.8) is 0 Å². The van der Waals surface area contributed by atoms with Crippen LogP contribution >= 0.6 is 0 Å². The number of nitriles is 1. The summed E-state index contributed by atoms with van der Waals surface area (Å²) in [6.07, 6.45) is 5.29. The molecule has 0 unspecified atom stereocenters. The van der Waals surface area contributed by atoms with Crippen molar-refractivity contribution in [2.24, 2.45) is 5.92 Å².